The van der Waals surface area contributed by atoms with E-state index in [0.717, 1.165) is 35.3 Å². The predicted octanol–water partition coefficient (Wildman–Crippen LogP) is 0.796. The Morgan fingerprint density at radius 3 is 1.65 bits per heavy atom. The van der Waals surface area contributed by atoms with Crippen molar-refractivity contribution in [1.82, 2.24) is 4.31 Å². The number of sulfonamides is 1. The highest BCUT2D eigenvalue weighted by atomic mass is 32.2. The average molecular weight is 297 g/mol. The standard InChI is InChI=1S/C15H24N2O2S/c1-10-11(2)13(4)15(14(5)12(10)3)20(18,19)17-8-6-16-7-9-17/h16H,6-9H2,1-5H3/p+1. The molecule has 2 N–H and O–H groups in total. The van der Waals surface area contributed by atoms with Crippen molar-refractivity contribution >= 4 is 10.0 Å². The van der Waals surface area contributed by atoms with Gasteiger partial charge < -0.3 is 5.32 Å². The van der Waals surface area contributed by atoms with Gasteiger partial charge in [0.05, 0.1) is 31.1 Å². The molecule has 1 aromatic carbocycles. The second-order valence-electron chi connectivity index (χ2n) is 5.72. The lowest BCUT2D eigenvalue weighted by Crippen LogP contribution is -2.89. The second-order valence-corrected chi connectivity index (χ2v) is 7.60. The molecule has 1 heterocycles. The molecule has 2 rings (SSSR count). The summed E-state index contributed by atoms with van der Waals surface area (Å²) in [5.41, 5.74) is 5.19. The number of piperazine rings is 1. The van der Waals surface area contributed by atoms with Crippen molar-refractivity contribution in [2.45, 2.75) is 39.5 Å². The highest BCUT2D eigenvalue weighted by Crippen LogP contribution is 2.31. The molecule has 1 fully saturated rings. The first kappa shape index (κ1) is 15.5. The van der Waals surface area contributed by atoms with E-state index >= 15 is 0 Å². The molecule has 20 heavy (non-hydrogen) atoms. The average Bonchev–Trinajstić information content (AvgIpc) is 2.44. The first-order valence-electron chi connectivity index (χ1n) is 7.17. The quantitative estimate of drug-likeness (QED) is 0.878. The van der Waals surface area contributed by atoms with Crippen LogP contribution in [0.3, 0.4) is 0 Å². The van der Waals surface area contributed by atoms with E-state index in [1.807, 2.05) is 27.7 Å². The van der Waals surface area contributed by atoms with E-state index in [0.29, 0.717) is 18.0 Å². The molecule has 1 aliphatic rings. The Balaban J connectivity index is 2.63. The molecule has 0 aliphatic carbocycles. The molecule has 1 saturated heterocycles. The first-order valence-corrected chi connectivity index (χ1v) is 8.61. The van der Waals surface area contributed by atoms with E-state index in [1.165, 1.54) is 5.56 Å². The lowest BCUT2D eigenvalue weighted by atomic mass is 9.95. The van der Waals surface area contributed by atoms with E-state index in [4.69, 9.17) is 0 Å². The largest absolute Gasteiger partial charge is 0.344 e. The van der Waals surface area contributed by atoms with Gasteiger partial charge in [0, 0.05) is 0 Å². The molecule has 0 unspecified atom stereocenters. The van der Waals surface area contributed by atoms with Gasteiger partial charge in [0.1, 0.15) is 0 Å². The molecule has 4 nitrogen and oxygen atoms in total. The highest BCUT2D eigenvalue weighted by Gasteiger charge is 2.31. The van der Waals surface area contributed by atoms with Gasteiger partial charge in [-0.3, -0.25) is 0 Å². The number of quaternary nitrogens is 1. The third-order valence-electron chi connectivity index (χ3n) is 4.69. The van der Waals surface area contributed by atoms with Crippen LogP contribution in [-0.4, -0.2) is 38.9 Å². The van der Waals surface area contributed by atoms with E-state index in [2.05, 4.69) is 12.2 Å². The van der Waals surface area contributed by atoms with Gasteiger partial charge >= 0.3 is 0 Å². The van der Waals surface area contributed by atoms with E-state index in [9.17, 15) is 8.42 Å². The Labute approximate surface area is 122 Å². The zero-order valence-electron chi connectivity index (χ0n) is 13.1. The van der Waals surface area contributed by atoms with Crippen LogP contribution in [0.25, 0.3) is 0 Å². The van der Waals surface area contributed by atoms with Crippen LogP contribution in [0.2, 0.25) is 0 Å². The molecule has 1 aromatic rings. The molecule has 5 heteroatoms. The Hall–Kier alpha value is -0.910. The van der Waals surface area contributed by atoms with Crippen LogP contribution in [0.5, 0.6) is 0 Å². The Morgan fingerprint density at radius 1 is 0.800 bits per heavy atom. The summed E-state index contributed by atoms with van der Waals surface area (Å²) >= 11 is 0. The smallest absolute Gasteiger partial charge is 0.244 e. The van der Waals surface area contributed by atoms with E-state index in [1.54, 1.807) is 4.31 Å². The molecule has 0 atom stereocenters. The van der Waals surface area contributed by atoms with Crippen molar-refractivity contribution in [1.29, 1.82) is 0 Å². The fourth-order valence-electron chi connectivity index (χ4n) is 2.95. The summed E-state index contributed by atoms with van der Waals surface area (Å²) in [6.45, 7) is 12.9. The first-order chi connectivity index (χ1) is 9.28. The number of rotatable bonds is 2. The Bertz CT molecular complexity index is 601. The number of nitrogens with zero attached hydrogens (tertiary/aromatic N) is 1. The monoisotopic (exact) mass is 297 g/mol. The van der Waals surface area contributed by atoms with Crippen LogP contribution in [0, 0.1) is 34.6 Å². The predicted molar refractivity (Wildman–Crippen MR) is 80.5 cm³/mol. The van der Waals surface area contributed by atoms with Crippen molar-refractivity contribution in [2.75, 3.05) is 26.2 Å². The zero-order valence-corrected chi connectivity index (χ0v) is 13.9. The summed E-state index contributed by atoms with van der Waals surface area (Å²) in [4.78, 5) is 0.528. The van der Waals surface area contributed by atoms with Crippen molar-refractivity contribution in [2.24, 2.45) is 0 Å². The van der Waals surface area contributed by atoms with Crippen LogP contribution in [0.1, 0.15) is 27.8 Å². The summed E-state index contributed by atoms with van der Waals surface area (Å²) < 4.78 is 27.5. The van der Waals surface area contributed by atoms with Crippen LogP contribution >= 0.6 is 0 Å². The topological polar surface area (TPSA) is 54.0 Å². The lowest BCUT2D eigenvalue weighted by Gasteiger charge is -2.27. The molecule has 0 aromatic heterocycles. The minimum Gasteiger partial charge on any atom is -0.344 e. The van der Waals surface area contributed by atoms with Crippen molar-refractivity contribution in [3.63, 3.8) is 0 Å². The molecule has 0 bridgehead atoms. The molecule has 112 valence electrons. The fourth-order valence-corrected chi connectivity index (χ4v) is 4.98. The molecule has 1 aliphatic heterocycles. The minimum absolute atomic E-state index is 0.528. The number of nitrogens with two attached hydrogens (primary N) is 1. The summed E-state index contributed by atoms with van der Waals surface area (Å²) in [5.74, 6) is 0. The number of hydrogen-bond donors (Lipinski definition) is 1. The maximum absolute atomic E-state index is 13.0. The molecule has 0 spiro atoms. The summed E-state index contributed by atoms with van der Waals surface area (Å²) in [7, 11) is -3.37. The third-order valence-corrected chi connectivity index (χ3v) is 6.87. The summed E-state index contributed by atoms with van der Waals surface area (Å²) in [6, 6.07) is 0. The Morgan fingerprint density at radius 2 is 1.20 bits per heavy atom. The molecular formula is C15H25N2O2S+. The van der Waals surface area contributed by atoms with Crippen LogP contribution in [0.4, 0.5) is 0 Å². The molecule has 0 radical (unpaired) electrons. The van der Waals surface area contributed by atoms with Gasteiger partial charge in [0.15, 0.2) is 0 Å². The Kier molecular flexibility index (Phi) is 4.23. The summed E-state index contributed by atoms with van der Waals surface area (Å²) in [5, 5.41) is 2.16. The zero-order chi connectivity index (χ0) is 15.1. The van der Waals surface area contributed by atoms with Crippen molar-refractivity contribution < 1.29 is 13.7 Å². The number of benzene rings is 1. The SMILES string of the molecule is Cc1c(C)c(C)c(S(=O)(=O)N2CC[NH2+]CC2)c(C)c1C. The van der Waals surface area contributed by atoms with Gasteiger partial charge in [0.2, 0.25) is 10.0 Å². The van der Waals surface area contributed by atoms with Gasteiger partial charge in [-0.05, 0) is 62.4 Å². The van der Waals surface area contributed by atoms with Gasteiger partial charge in [-0.1, -0.05) is 0 Å². The van der Waals surface area contributed by atoms with Crippen molar-refractivity contribution in [3.8, 4) is 0 Å². The van der Waals surface area contributed by atoms with Gasteiger partial charge in [-0.15, -0.1) is 0 Å². The third kappa shape index (κ3) is 2.38. The van der Waals surface area contributed by atoms with Gasteiger partial charge in [-0.25, -0.2) is 8.42 Å². The fraction of sp³-hybridized carbons (Fsp3) is 0.600. The van der Waals surface area contributed by atoms with Gasteiger partial charge in [0.25, 0.3) is 0 Å². The van der Waals surface area contributed by atoms with Crippen LogP contribution in [-0.2, 0) is 10.0 Å². The number of hydrogen-bond acceptors (Lipinski definition) is 2. The highest BCUT2D eigenvalue weighted by molar-refractivity contribution is 7.89. The normalized spacial score (nSPS) is 17.4. The van der Waals surface area contributed by atoms with E-state index < -0.39 is 10.0 Å². The van der Waals surface area contributed by atoms with E-state index in [-0.39, 0.29) is 0 Å². The van der Waals surface area contributed by atoms with Crippen LogP contribution in [0.15, 0.2) is 4.90 Å². The second kappa shape index (κ2) is 5.47. The van der Waals surface area contributed by atoms with Gasteiger partial charge in [-0.2, -0.15) is 4.31 Å². The molecular weight excluding hydrogens is 272 g/mol. The van der Waals surface area contributed by atoms with Crippen molar-refractivity contribution in [3.05, 3.63) is 27.8 Å². The maximum Gasteiger partial charge on any atom is 0.244 e. The van der Waals surface area contributed by atoms with Crippen LogP contribution < -0.4 is 5.32 Å². The maximum atomic E-state index is 13.0. The molecule has 0 saturated carbocycles. The lowest BCUT2D eigenvalue weighted by molar-refractivity contribution is -0.661. The molecule has 0 amide bonds. The summed E-state index contributed by atoms with van der Waals surface area (Å²) in [6.07, 6.45) is 0. The minimum atomic E-state index is -3.37.